The Hall–Kier alpha value is -3.41. The Bertz CT molecular complexity index is 1080. The molecule has 3 rings (SSSR count). The van der Waals surface area contributed by atoms with E-state index in [9.17, 15) is 9.59 Å². The molecule has 1 heterocycles. The molecule has 0 saturated heterocycles. The number of hydrogen-bond donors (Lipinski definition) is 1. The molecule has 0 atom stereocenters. The van der Waals surface area contributed by atoms with E-state index in [0.29, 0.717) is 5.82 Å². The molecule has 0 radical (unpaired) electrons. The van der Waals surface area contributed by atoms with Crippen molar-refractivity contribution in [2.24, 2.45) is 5.92 Å². The first-order valence-corrected chi connectivity index (χ1v) is 11.0. The van der Waals surface area contributed by atoms with Crippen LogP contribution in [0.3, 0.4) is 0 Å². The van der Waals surface area contributed by atoms with Crippen LogP contribution in [0.25, 0.3) is 16.8 Å². The Morgan fingerprint density at radius 2 is 1.59 bits per heavy atom. The first-order valence-electron chi connectivity index (χ1n) is 11.0. The third-order valence-corrected chi connectivity index (χ3v) is 5.37. The monoisotopic (exact) mass is 432 g/mol. The second-order valence-corrected chi connectivity index (χ2v) is 8.69. The summed E-state index contributed by atoms with van der Waals surface area (Å²) in [6.07, 6.45) is 0. The van der Waals surface area contributed by atoms with Gasteiger partial charge >= 0.3 is 0 Å². The van der Waals surface area contributed by atoms with Crippen molar-refractivity contribution in [2.75, 3.05) is 11.9 Å². The van der Waals surface area contributed by atoms with Crippen molar-refractivity contribution in [3.63, 3.8) is 0 Å². The minimum atomic E-state index is -0.252. The van der Waals surface area contributed by atoms with Gasteiger partial charge in [0.1, 0.15) is 12.4 Å². The molecule has 0 unspecified atom stereocenters. The zero-order valence-corrected chi connectivity index (χ0v) is 19.7. The number of hydrogen-bond acceptors (Lipinski definition) is 3. The Kier molecular flexibility index (Phi) is 7.13. The summed E-state index contributed by atoms with van der Waals surface area (Å²) in [5.74, 6) is 0.133. The van der Waals surface area contributed by atoms with Gasteiger partial charge in [0.15, 0.2) is 0 Å². The number of amides is 2. The first-order chi connectivity index (χ1) is 15.2. The molecule has 2 aromatic carbocycles. The van der Waals surface area contributed by atoms with Crippen LogP contribution in [0.5, 0.6) is 0 Å². The fourth-order valence-corrected chi connectivity index (χ4v) is 3.64. The maximum atomic E-state index is 13.1. The second-order valence-electron chi connectivity index (χ2n) is 8.69. The third-order valence-electron chi connectivity index (χ3n) is 5.37. The van der Waals surface area contributed by atoms with Crippen LogP contribution in [-0.4, -0.2) is 39.1 Å². The highest BCUT2D eigenvalue weighted by Gasteiger charge is 2.25. The molecular formula is C26H32N4O2. The van der Waals surface area contributed by atoms with Crippen molar-refractivity contribution in [1.82, 2.24) is 14.7 Å². The van der Waals surface area contributed by atoms with Crippen molar-refractivity contribution < 1.29 is 9.59 Å². The van der Waals surface area contributed by atoms with E-state index >= 15 is 0 Å². The summed E-state index contributed by atoms with van der Waals surface area (Å²) in [5.41, 5.74) is 4.65. The van der Waals surface area contributed by atoms with E-state index in [4.69, 9.17) is 5.10 Å². The summed E-state index contributed by atoms with van der Waals surface area (Å²) in [4.78, 5) is 27.4. The van der Waals surface area contributed by atoms with Crippen molar-refractivity contribution >= 4 is 17.6 Å². The Morgan fingerprint density at radius 3 is 2.16 bits per heavy atom. The number of aromatic nitrogens is 2. The third kappa shape index (κ3) is 5.07. The summed E-state index contributed by atoms with van der Waals surface area (Å²) in [6, 6.07) is 17.8. The Labute approximate surface area is 190 Å². The van der Waals surface area contributed by atoms with Gasteiger partial charge in [-0.3, -0.25) is 9.59 Å². The van der Waals surface area contributed by atoms with E-state index in [1.54, 1.807) is 9.58 Å². The quantitative estimate of drug-likeness (QED) is 0.572. The highest BCUT2D eigenvalue weighted by Crippen LogP contribution is 2.33. The molecule has 2 amide bonds. The second kappa shape index (κ2) is 9.81. The average molecular weight is 433 g/mol. The number of carbonyl (C=O) groups excluding carboxylic acids is 2. The zero-order chi connectivity index (χ0) is 23.4. The number of benzene rings is 2. The maximum Gasteiger partial charge on any atom is 0.245 e. The largest absolute Gasteiger partial charge is 0.331 e. The van der Waals surface area contributed by atoms with Crippen LogP contribution in [0.4, 0.5) is 5.82 Å². The van der Waals surface area contributed by atoms with Crippen molar-refractivity contribution in [1.29, 1.82) is 0 Å². The molecule has 1 aromatic heterocycles. The number of rotatable bonds is 7. The van der Waals surface area contributed by atoms with Gasteiger partial charge in [-0.1, -0.05) is 61.9 Å². The van der Waals surface area contributed by atoms with Gasteiger partial charge in [0.05, 0.1) is 11.4 Å². The van der Waals surface area contributed by atoms with Crippen LogP contribution in [0, 0.1) is 19.8 Å². The van der Waals surface area contributed by atoms with Crippen LogP contribution >= 0.6 is 0 Å². The predicted molar refractivity (Wildman–Crippen MR) is 129 cm³/mol. The van der Waals surface area contributed by atoms with Crippen molar-refractivity contribution in [3.8, 4) is 16.8 Å². The van der Waals surface area contributed by atoms with Crippen molar-refractivity contribution in [2.45, 2.75) is 47.6 Å². The van der Waals surface area contributed by atoms with Gasteiger partial charge in [0.2, 0.25) is 11.8 Å². The molecular weight excluding hydrogens is 400 g/mol. The molecule has 0 bridgehead atoms. The maximum absolute atomic E-state index is 13.1. The SMILES string of the molecule is Cc1ccc(-n2nc(C)c(-c3ccccc3)c2NC(=O)CN(C(=O)C(C)C)C(C)C)cc1. The number of nitrogens with zero attached hydrogens (tertiary/aromatic N) is 3. The van der Waals surface area contributed by atoms with E-state index in [1.165, 1.54) is 0 Å². The van der Waals surface area contributed by atoms with Gasteiger partial charge in [-0.05, 0) is 45.4 Å². The summed E-state index contributed by atoms with van der Waals surface area (Å²) in [6.45, 7) is 11.5. The molecule has 0 fully saturated rings. The lowest BCUT2D eigenvalue weighted by Gasteiger charge is -2.28. The lowest BCUT2D eigenvalue weighted by Crippen LogP contribution is -2.44. The summed E-state index contributed by atoms with van der Waals surface area (Å²) in [5, 5.41) is 7.80. The van der Waals surface area contributed by atoms with E-state index in [0.717, 1.165) is 28.1 Å². The van der Waals surface area contributed by atoms with Crippen LogP contribution in [0.1, 0.15) is 39.0 Å². The van der Waals surface area contributed by atoms with Gasteiger partial charge in [0, 0.05) is 17.5 Å². The van der Waals surface area contributed by atoms with Crippen LogP contribution in [0.15, 0.2) is 54.6 Å². The highest BCUT2D eigenvalue weighted by molar-refractivity contribution is 5.98. The minimum absolute atomic E-state index is 0.0129. The molecule has 6 heteroatoms. The van der Waals surface area contributed by atoms with E-state index in [2.05, 4.69) is 5.32 Å². The molecule has 0 aliphatic carbocycles. The highest BCUT2D eigenvalue weighted by atomic mass is 16.2. The number of aryl methyl sites for hydroxylation is 2. The summed E-state index contributed by atoms with van der Waals surface area (Å²) < 4.78 is 1.76. The molecule has 32 heavy (non-hydrogen) atoms. The summed E-state index contributed by atoms with van der Waals surface area (Å²) >= 11 is 0. The first kappa shape index (κ1) is 23.3. The molecule has 0 aliphatic heterocycles. The zero-order valence-electron chi connectivity index (χ0n) is 19.7. The van der Waals surface area contributed by atoms with Gasteiger partial charge in [0.25, 0.3) is 0 Å². The lowest BCUT2D eigenvalue weighted by atomic mass is 10.1. The number of carbonyl (C=O) groups is 2. The predicted octanol–water partition coefficient (Wildman–Crippen LogP) is 4.99. The summed E-state index contributed by atoms with van der Waals surface area (Å²) in [7, 11) is 0. The smallest absolute Gasteiger partial charge is 0.245 e. The average Bonchev–Trinajstić information content (AvgIpc) is 3.08. The van der Waals surface area contributed by atoms with Crippen LogP contribution in [0.2, 0.25) is 0 Å². The molecule has 3 aromatic rings. The van der Waals surface area contributed by atoms with E-state index < -0.39 is 0 Å². The molecule has 0 spiro atoms. The normalized spacial score (nSPS) is 11.1. The fourth-order valence-electron chi connectivity index (χ4n) is 3.64. The standard InChI is InChI=1S/C26H32N4O2/c1-17(2)26(32)29(18(3)4)16-23(31)27-25-24(21-10-8-7-9-11-21)20(6)28-30(25)22-14-12-19(5)13-15-22/h7-15,17-18H,16H2,1-6H3,(H,27,31). The lowest BCUT2D eigenvalue weighted by molar-refractivity contribution is -0.139. The molecule has 168 valence electrons. The molecule has 1 N–H and O–H groups in total. The Morgan fingerprint density at radius 1 is 0.969 bits per heavy atom. The van der Waals surface area contributed by atoms with Crippen LogP contribution < -0.4 is 5.32 Å². The minimum Gasteiger partial charge on any atom is -0.331 e. The van der Waals surface area contributed by atoms with Gasteiger partial charge in [-0.15, -0.1) is 0 Å². The number of anilines is 1. The van der Waals surface area contributed by atoms with Crippen LogP contribution in [-0.2, 0) is 9.59 Å². The molecule has 0 saturated carbocycles. The van der Waals surface area contributed by atoms with Gasteiger partial charge in [-0.2, -0.15) is 5.10 Å². The topological polar surface area (TPSA) is 67.2 Å². The van der Waals surface area contributed by atoms with Crippen molar-refractivity contribution in [3.05, 3.63) is 65.9 Å². The Balaban J connectivity index is 2.02. The fraction of sp³-hybridized carbons (Fsp3) is 0.346. The molecule has 0 aliphatic rings. The number of nitrogens with one attached hydrogen (secondary N) is 1. The molecule has 6 nitrogen and oxygen atoms in total. The van der Waals surface area contributed by atoms with Gasteiger partial charge in [-0.25, -0.2) is 4.68 Å². The van der Waals surface area contributed by atoms with E-state index in [1.807, 2.05) is 96.1 Å². The van der Waals surface area contributed by atoms with Gasteiger partial charge < -0.3 is 10.2 Å². The van der Waals surface area contributed by atoms with E-state index in [-0.39, 0.29) is 30.3 Å².